The Labute approximate surface area is 141 Å². The molecule has 0 aliphatic heterocycles. The van der Waals surface area contributed by atoms with Crippen LogP contribution in [0.25, 0.3) is 0 Å². The van der Waals surface area contributed by atoms with Gasteiger partial charge in [0, 0.05) is 5.69 Å². The number of ether oxygens (including phenoxy) is 1. The first-order chi connectivity index (χ1) is 11.4. The molecule has 0 heterocycles. The maximum Gasteiger partial charge on any atom is 0.336 e. The molecule has 0 bridgehead atoms. The van der Waals surface area contributed by atoms with Gasteiger partial charge < -0.3 is 15.2 Å². The van der Waals surface area contributed by atoms with Crippen LogP contribution in [0, 0.1) is 13.8 Å². The van der Waals surface area contributed by atoms with Crippen molar-refractivity contribution >= 4 is 17.6 Å². The standard InChI is InChI=1S/C19H21NO4/c1-4-14-7-5-6-8-17(14)24-11-18(21)20-16-10-15(19(22)23)12(2)9-13(16)3/h5-10H,4,11H2,1-3H3,(H,20,21)(H,22,23). The summed E-state index contributed by atoms with van der Waals surface area (Å²) >= 11 is 0. The van der Waals surface area contributed by atoms with Crippen molar-refractivity contribution in [3.63, 3.8) is 0 Å². The van der Waals surface area contributed by atoms with Crippen molar-refractivity contribution in [1.82, 2.24) is 0 Å². The summed E-state index contributed by atoms with van der Waals surface area (Å²) in [6.07, 6.45) is 0.816. The van der Waals surface area contributed by atoms with Crippen LogP contribution in [-0.4, -0.2) is 23.6 Å². The van der Waals surface area contributed by atoms with Crippen LogP contribution in [0.15, 0.2) is 36.4 Å². The number of carbonyl (C=O) groups excluding carboxylic acids is 1. The summed E-state index contributed by atoms with van der Waals surface area (Å²) in [5.41, 5.74) is 3.15. The van der Waals surface area contributed by atoms with Gasteiger partial charge in [-0.2, -0.15) is 0 Å². The number of para-hydroxylation sites is 1. The lowest BCUT2D eigenvalue weighted by molar-refractivity contribution is -0.118. The Morgan fingerprint density at radius 3 is 2.50 bits per heavy atom. The van der Waals surface area contributed by atoms with E-state index in [1.165, 1.54) is 6.07 Å². The van der Waals surface area contributed by atoms with Gasteiger partial charge in [0.1, 0.15) is 5.75 Å². The zero-order chi connectivity index (χ0) is 17.7. The predicted octanol–water partition coefficient (Wildman–Crippen LogP) is 3.58. The summed E-state index contributed by atoms with van der Waals surface area (Å²) in [6.45, 7) is 5.44. The molecule has 0 radical (unpaired) electrons. The molecule has 2 aromatic rings. The maximum atomic E-state index is 12.1. The van der Waals surface area contributed by atoms with Crippen molar-refractivity contribution in [3.05, 3.63) is 58.7 Å². The Morgan fingerprint density at radius 1 is 1.12 bits per heavy atom. The topological polar surface area (TPSA) is 75.6 Å². The molecule has 0 aliphatic rings. The third-order valence-electron chi connectivity index (χ3n) is 3.79. The zero-order valence-corrected chi connectivity index (χ0v) is 14.1. The summed E-state index contributed by atoms with van der Waals surface area (Å²) in [5.74, 6) is -0.665. The second-order valence-corrected chi connectivity index (χ2v) is 5.59. The van der Waals surface area contributed by atoms with Gasteiger partial charge in [-0.05, 0) is 49.1 Å². The minimum atomic E-state index is -1.02. The fourth-order valence-corrected chi connectivity index (χ4v) is 2.48. The molecule has 0 atom stereocenters. The highest BCUT2D eigenvalue weighted by Crippen LogP contribution is 2.21. The summed E-state index contributed by atoms with van der Waals surface area (Å²) < 4.78 is 5.57. The van der Waals surface area contributed by atoms with Gasteiger partial charge in [-0.3, -0.25) is 4.79 Å². The first-order valence-electron chi connectivity index (χ1n) is 7.77. The van der Waals surface area contributed by atoms with Crippen molar-refractivity contribution in [2.45, 2.75) is 27.2 Å². The number of anilines is 1. The molecule has 0 spiro atoms. The predicted molar refractivity (Wildman–Crippen MR) is 92.8 cm³/mol. The van der Waals surface area contributed by atoms with E-state index < -0.39 is 5.97 Å². The number of hydrogen-bond acceptors (Lipinski definition) is 3. The Balaban J connectivity index is 2.07. The van der Waals surface area contributed by atoms with Crippen molar-refractivity contribution in [1.29, 1.82) is 0 Å². The van der Waals surface area contributed by atoms with E-state index in [2.05, 4.69) is 5.32 Å². The highest BCUT2D eigenvalue weighted by molar-refractivity contribution is 5.96. The molecule has 0 saturated carbocycles. The van der Waals surface area contributed by atoms with Crippen LogP contribution in [0.1, 0.15) is 34.0 Å². The van der Waals surface area contributed by atoms with Gasteiger partial charge in [0.15, 0.2) is 6.61 Å². The summed E-state index contributed by atoms with van der Waals surface area (Å²) in [6, 6.07) is 10.8. The van der Waals surface area contributed by atoms with Gasteiger partial charge in [0.05, 0.1) is 5.56 Å². The number of carboxylic acids is 1. The largest absolute Gasteiger partial charge is 0.483 e. The van der Waals surface area contributed by atoms with Gasteiger partial charge in [-0.25, -0.2) is 4.79 Å². The number of hydrogen-bond donors (Lipinski definition) is 2. The average molecular weight is 327 g/mol. The second-order valence-electron chi connectivity index (χ2n) is 5.59. The molecular formula is C19H21NO4. The first-order valence-corrected chi connectivity index (χ1v) is 7.77. The highest BCUT2D eigenvalue weighted by atomic mass is 16.5. The summed E-state index contributed by atoms with van der Waals surface area (Å²) in [4.78, 5) is 23.3. The van der Waals surface area contributed by atoms with E-state index in [1.807, 2.05) is 38.1 Å². The third kappa shape index (κ3) is 4.13. The summed E-state index contributed by atoms with van der Waals surface area (Å²) in [7, 11) is 0. The number of aromatic carboxylic acids is 1. The summed E-state index contributed by atoms with van der Waals surface area (Å²) in [5, 5.41) is 11.9. The number of rotatable bonds is 6. The molecule has 0 aliphatic carbocycles. The van der Waals surface area contributed by atoms with Crippen molar-refractivity contribution in [2.24, 2.45) is 0 Å². The number of carbonyl (C=O) groups is 2. The molecule has 0 saturated heterocycles. The number of nitrogens with one attached hydrogen (secondary N) is 1. The molecule has 5 heteroatoms. The quantitative estimate of drug-likeness (QED) is 0.850. The van der Waals surface area contributed by atoms with Crippen LogP contribution in [0.4, 0.5) is 5.69 Å². The van der Waals surface area contributed by atoms with E-state index in [0.717, 1.165) is 17.5 Å². The smallest absolute Gasteiger partial charge is 0.336 e. The molecular weight excluding hydrogens is 306 g/mol. The van der Waals surface area contributed by atoms with E-state index in [1.54, 1.807) is 13.0 Å². The van der Waals surface area contributed by atoms with E-state index in [-0.39, 0.29) is 18.1 Å². The van der Waals surface area contributed by atoms with Crippen LogP contribution in [0.5, 0.6) is 5.75 Å². The maximum absolute atomic E-state index is 12.1. The van der Waals surface area contributed by atoms with Crippen LogP contribution < -0.4 is 10.1 Å². The molecule has 0 aromatic heterocycles. The number of amides is 1. The van der Waals surface area contributed by atoms with Crippen LogP contribution in [-0.2, 0) is 11.2 Å². The van der Waals surface area contributed by atoms with Crippen LogP contribution in [0.2, 0.25) is 0 Å². The second kappa shape index (κ2) is 7.64. The van der Waals surface area contributed by atoms with Gasteiger partial charge in [0.25, 0.3) is 5.91 Å². The molecule has 24 heavy (non-hydrogen) atoms. The SMILES string of the molecule is CCc1ccccc1OCC(=O)Nc1cc(C(=O)O)c(C)cc1C. The fourth-order valence-electron chi connectivity index (χ4n) is 2.48. The Kier molecular flexibility index (Phi) is 5.58. The van der Waals surface area contributed by atoms with E-state index >= 15 is 0 Å². The van der Waals surface area contributed by atoms with Gasteiger partial charge in [-0.1, -0.05) is 31.2 Å². The lowest BCUT2D eigenvalue weighted by atomic mass is 10.0. The Hall–Kier alpha value is -2.82. The van der Waals surface area contributed by atoms with Crippen molar-refractivity contribution in [3.8, 4) is 5.75 Å². The minimum Gasteiger partial charge on any atom is -0.483 e. The molecule has 1 amide bonds. The normalized spacial score (nSPS) is 10.3. The zero-order valence-electron chi connectivity index (χ0n) is 14.1. The molecule has 2 aromatic carbocycles. The van der Waals surface area contributed by atoms with E-state index in [9.17, 15) is 14.7 Å². The minimum absolute atomic E-state index is 0.132. The molecule has 126 valence electrons. The molecule has 0 fully saturated rings. The van der Waals surface area contributed by atoms with Crippen LogP contribution >= 0.6 is 0 Å². The van der Waals surface area contributed by atoms with Crippen LogP contribution in [0.3, 0.4) is 0 Å². The molecule has 2 N–H and O–H groups in total. The Bertz CT molecular complexity index is 768. The Morgan fingerprint density at radius 2 is 1.83 bits per heavy atom. The fraction of sp³-hybridized carbons (Fsp3) is 0.263. The highest BCUT2D eigenvalue weighted by Gasteiger charge is 2.13. The molecule has 5 nitrogen and oxygen atoms in total. The monoisotopic (exact) mass is 327 g/mol. The van der Waals surface area contributed by atoms with E-state index in [0.29, 0.717) is 17.0 Å². The van der Waals surface area contributed by atoms with Crippen molar-refractivity contribution < 1.29 is 19.4 Å². The molecule has 0 unspecified atom stereocenters. The van der Waals surface area contributed by atoms with Crippen molar-refractivity contribution in [2.75, 3.05) is 11.9 Å². The number of carboxylic acid groups (broad SMARTS) is 1. The lowest BCUT2D eigenvalue weighted by Gasteiger charge is -2.13. The molecule has 2 rings (SSSR count). The average Bonchev–Trinajstić information content (AvgIpc) is 2.55. The number of aryl methyl sites for hydroxylation is 3. The van der Waals surface area contributed by atoms with Gasteiger partial charge >= 0.3 is 5.97 Å². The third-order valence-corrected chi connectivity index (χ3v) is 3.79. The van der Waals surface area contributed by atoms with Gasteiger partial charge in [-0.15, -0.1) is 0 Å². The number of benzene rings is 2. The first kappa shape index (κ1) is 17.5. The van der Waals surface area contributed by atoms with Gasteiger partial charge in [0.2, 0.25) is 0 Å². The lowest BCUT2D eigenvalue weighted by Crippen LogP contribution is -2.21. The van der Waals surface area contributed by atoms with E-state index in [4.69, 9.17) is 4.74 Å².